The van der Waals surface area contributed by atoms with E-state index >= 15 is 0 Å². The molecule has 2 aliphatic heterocycles. The lowest BCUT2D eigenvalue weighted by Gasteiger charge is -2.49. The molecular formula is C31H28N2O5S. The molecule has 1 N–H and O–H groups in total. The zero-order chi connectivity index (χ0) is 27.2. The Morgan fingerprint density at radius 2 is 1.56 bits per heavy atom. The highest BCUT2D eigenvalue weighted by Crippen LogP contribution is 2.42. The third-order valence-corrected chi connectivity index (χ3v) is 7.78. The molecule has 1 saturated heterocycles. The highest BCUT2D eigenvalue weighted by molar-refractivity contribution is 8.00. The number of benzene rings is 3. The SMILES string of the molecule is C/C=C\C1=C(C(=O)OC(c2ccccc2)c2ccccc2)N2C(=O)C(NC(=O)OCc3ccccc3)[C@H]2SC1. The van der Waals surface area contributed by atoms with Crippen LogP contribution in [0.5, 0.6) is 0 Å². The van der Waals surface area contributed by atoms with Crippen molar-refractivity contribution in [3.63, 3.8) is 0 Å². The predicted molar refractivity (Wildman–Crippen MR) is 149 cm³/mol. The van der Waals surface area contributed by atoms with Gasteiger partial charge in [-0.1, -0.05) is 103 Å². The average Bonchev–Trinajstić information content (AvgIpc) is 2.98. The van der Waals surface area contributed by atoms with Crippen LogP contribution in [0.3, 0.4) is 0 Å². The van der Waals surface area contributed by atoms with Gasteiger partial charge in [-0.05, 0) is 29.2 Å². The molecule has 0 aliphatic carbocycles. The summed E-state index contributed by atoms with van der Waals surface area (Å²) in [5.74, 6) is -0.486. The van der Waals surface area contributed by atoms with Crippen molar-refractivity contribution in [2.24, 2.45) is 0 Å². The van der Waals surface area contributed by atoms with E-state index in [2.05, 4.69) is 5.32 Å². The van der Waals surface area contributed by atoms with Crippen LogP contribution in [0.1, 0.15) is 29.7 Å². The number of nitrogens with one attached hydrogen (secondary N) is 1. The van der Waals surface area contributed by atoms with E-state index in [0.29, 0.717) is 11.3 Å². The summed E-state index contributed by atoms with van der Waals surface area (Å²) < 4.78 is 11.4. The summed E-state index contributed by atoms with van der Waals surface area (Å²) in [5, 5.41) is 2.23. The average molecular weight is 541 g/mol. The number of amides is 2. The number of rotatable bonds is 8. The molecule has 0 bridgehead atoms. The fraction of sp³-hybridized carbons (Fsp3) is 0.194. The predicted octanol–water partition coefficient (Wildman–Crippen LogP) is 5.36. The minimum Gasteiger partial charge on any atom is -0.448 e. The van der Waals surface area contributed by atoms with Gasteiger partial charge in [0, 0.05) is 5.75 Å². The zero-order valence-corrected chi connectivity index (χ0v) is 22.2. The molecule has 0 spiro atoms. The molecule has 5 rings (SSSR count). The number of carbonyl (C=O) groups excluding carboxylic acids is 3. The molecule has 2 heterocycles. The molecular weight excluding hydrogens is 512 g/mol. The standard InChI is InChI=1S/C31H28N2O5S/c1-2-12-24-20-39-29-25(32-31(36)37-19-21-13-6-3-7-14-21)28(34)33(29)26(24)30(35)38-27(22-15-8-4-9-16-22)23-17-10-5-11-18-23/h2-18,25,27,29H,19-20H2,1H3,(H,32,36)/b12-2-/t25?,29-/m1/s1. The summed E-state index contributed by atoms with van der Waals surface area (Å²) >= 11 is 1.48. The van der Waals surface area contributed by atoms with E-state index in [-0.39, 0.29) is 18.2 Å². The number of ether oxygens (including phenoxy) is 2. The maximum atomic E-state index is 13.7. The lowest BCUT2D eigenvalue weighted by atomic mass is 10.0. The van der Waals surface area contributed by atoms with E-state index < -0.39 is 29.6 Å². The normalized spacial score (nSPS) is 18.5. The Balaban J connectivity index is 1.34. The number of carbonyl (C=O) groups is 3. The van der Waals surface area contributed by atoms with E-state index in [4.69, 9.17) is 9.47 Å². The zero-order valence-electron chi connectivity index (χ0n) is 21.4. The Labute approximate surface area is 231 Å². The van der Waals surface area contributed by atoms with Gasteiger partial charge in [0.1, 0.15) is 23.7 Å². The monoisotopic (exact) mass is 540 g/mol. The lowest BCUT2D eigenvalue weighted by molar-refractivity contribution is -0.153. The maximum Gasteiger partial charge on any atom is 0.408 e. The topological polar surface area (TPSA) is 84.9 Å². The van der Waals surface area contributed by atoms with Crippen LogP contribution in [0.15, 0.2) is 114 Å². The number of β-lactam (4-membered cyclic amide) rings is 1. The molecule has 39 heavy (non-hydrogen) atoms. The van der Waals surface area contributed by atoms with Crippen molar-refractivity contribution in [2.45, 2.75) is 31.1 Å². The third kappa shape index (κ3) is 5.76. The lowest BCUT2D eigenvalue weighted by Crippen LogP contribution is -2.70. The second-order valence-electron chi connectivity index (χ2n) is 9.07. The van der Waals surface area contributed by atoms with Gasteiger partial charge in [0.2, 0.25) is 0 Å². The molecule has 1 unspecified atom stereocenters. The summed E-state index contributed by atoms with van der Waals surface area (Å²) in [6.45, 7) is 1.95. The number of allylic oxidation sites excluding steroid dienone is 2. The molecule has 3 aromatic rings. The van der Waals surface area contributed by atoms with Crippen LogP contribution in [0.2, 0.25) is 0 Å². The highest BCUT2D eigenvalue weighted by atomic mass is 32.2. The summed E-state index contributed by atoms with van der Waals surface area (Å²) in [5.41, 5.74) is 3.39. The van der Waals surface area contributed by atoms with Crippen molar-refractivity contribution in [1.82, 2.24) is 10.2 Å². The number of hydrogen-bond acceptors (Lipinski definition) is 6. The van der Waals surface area contributed by atoms with E-state index in [1.54, 1.807) is 0 Å². The van der Waals surface area contributed by atoms with Crippen molar-refractivity contribution < 1.29 is 23.9 Å². The first-order valence-corrected chi connectivity index (χ1v) is 13.7. The van der Waals surface area contributed by atoms with Crippen molar-refractivity contribution in [3.05, 3.63) is 131 Å². The van der Waals surface area contributed by atoms with Crippen LogP contribution in [0.4, 0.5) is 4.79 Å². The Bertz CT molecular complexity index is 1350. The van der Waals surface area contributed by atoms with E-state index in [9.17, 15) is 14.4 Å². The van der Waals surface area contributed by atoms with Gasteiger partial charge in [-0.25, -0.2) is 9.59 Å². The fourth-order valence-electron chi connectivity index (χ4n) is 4.60. The molecule has 7 nitrogen and oxygen atoms in total. The first kappa shape index (κ1) is 26.3. The summed E-state index contributed by atoms with van der Waals surface area (Å²) in [4.78, 5) is 40.9. The molecule has 2 aliphatic rings. The Kier molecular flexibility index (Phi) is 8.13. The second-order valence-corrected chi connectivity index (χ2v) is 10.2. The molecule has 0 radical (unpaired) electrons. The van der Waals surface area contributed by atoms with Gasteiger partial charge < -0.3 is 14.8 Å². The van der Waals surface area contributed by atoms with Gasteiger partial charge in [-0.2, -0.15) is 0 Å². The van der Waals surface area contributed by atoms with Crippen LogP contribution < -0.4 is 5.32 Å². The molecule has 1 fully saturated rings. The van der Waals surface area contributed by atoms with E-state index in [1.807, 2.05) is 110 Å². The quantitative estimate of drug-likeness (QED) is 0.306. The third-order valence-electron chi connectivity index (χ3n) is 6.47. The Hall–Kier alpha value is -4.30. The Morgan fingerprint density at radius 3 is 2.15 bits per heavy atom. The molecule has 2 amide bonds. The Morgan fingerprint density at radius 1 is 0.974 bits per heavy atom. The van der Waals surface area contributed by atoms with Crippen LogP contribution in [0, 0.1) is 0 Å². The van der Waals surface area contributed by atoms with Crippen molar-refractivity contribution in [2.75, 3.05) is 5.75 Å². The molecule has 0 saturated carbocycles. The van der Waals surface area contributed by atoms with Crippen molar-refractivity contribution in [1.29, 1.82) is 0 Å². The summed E-state index contributed by atoms with van der Waals surface area (Å²) in [7, 11) is 0. The number of alkyl carbamates (subject to hydrolysis) is 1. The van der Waals surface area contributed by atoms with Gasteiger partial charge in [0.05, 0.1) is 0 Å². The molecule has 8 heteroatoms. The van der Waals surface area contributed by atoms with Crippen LogP contribution in [-0.2, 0) is 25.7 Å². The molecule has 3 aromatic carbocycles. The van der Waals surface area contributed by atoms with Crippen molar-refractivity contribution >= 4 is 29.7 Å². The minimum atomic E-state index is -0.799. The first-order chi connectivity index (χ1) is 19.1. The highest BCUT2D eigenvalue weighted by Gasteiger charge is 2.54. The van der Waals surface area contributed by atoms with Crippen LogP contribution in [-0.4, -0.2) is 40.0 Å². The number of nitrogens with zero attached hydrogens (tertiary/aromatic N) is 1. The van der Waals surface area contributed by atoms with Gasteiger partial charge >= 0.3 is 12.1 Å². The van der Waals surface area contributed by atoms with Gasteiger partial charge in [0.15, 0.2) is 6.10 Å². The second kappa shape index (κ2) is 12.0. The molecule has 198 valence electrons. The number of hydrogen-bond donors (Lipinski definition) is 1. The van der Waals surface area contributed by atoms with E-state index in [0.717, 1.165) is 16.7 Å². The fourth-order valence-corrected chi connectivity index (χ4v) is 5.92. The minimum absolute atomic E-state index is 0.0956. The first-order valence-electron chi connectivity index (χ1n) is 12.7. The molecule has 2 atom stereocenters. The number of esters is 1. The summed E-state index contributed by atoms with van der Waals surface area (Å²) in [6, 6.07) is 27.5. The summed E-state index contributed by atoms with van der Waals surface area (Å²) in [6.07, 6.45) is 2.32. The van der Waals surface area contributed by atoms with Crippen LogP contribution >= 0.6 is 11.8 Å². The van der Waals surface area contributed by atoms with Gasteiger partial charge in [-0.15, -0.1) is 11.8 Å². The van der Waals surface area contributed by atoms with Gasteiger partial charge in [-0.3, -0.25) is 9.69 Å². The smallest absolute Gasteiger partial charge is 0.408 e. The van der Waals surface area contributed by atoms with E-state index in [1.165, 1.54) is 16.7 Å². The maximum absolute atomic E-state index is 13.7. The van der Waals surface area contributed by atoms with Crippen molar-refractivity contribution in [3.8, 4) is 0 Å². The number of thioether (sulfide) groups is 1. The largest absolute Gasteiger partial charge is 0.448 e. The van der Waals surface area contributed by atoms with Gasteiger partial charge in [0.25, 0.3) is 5.91 Å². The van der Waals surface area contributed by atoms with Crippen LogP contribution in [0.25, 0.3) is 0 Å². The number of fused-ring (bicyclic) bond motifs is 1. The molecule has 0 aromatic heterocycles.